The maximum atomic E-state index is 12.7. The second-order valence-corrected chi connectivity index (χ2v) is 7.69. The van der Waals surface area contributed by atoms with Gasteiger partial charge in [-0.15, -0.1) is 0 Å². The zero-order valence-electron chi connectivity index (χ0n) is 15.3. The lowest BCUT2D eigenvalue weighted by molar-refractivity contribution is 0.0818. The molecule has 0 N–H and O–H groups in total. The minimum Gasteiger partial charge on any atom is -0.445 e. The predicted molar refractivity (Wildman–Crippen MR) is 106 cm³/mol. The molecular formula is C24H23NO2. The number of ether oxygens (including phenoxy) is 1. The van der Waals surface area contributed by atoms with Crippen molar-refractivity contribution in [3.05, 3.63) is 88.5 Å². The molecule has 2 unspecified atom stereocenters. The number of hydrogen-bond donors (Lipinski definition) is 0. The molecule has 2 aliphatic heterocycles. The van der Waals surface area contributed by atoms with Gasteiger partial charge in [-0.25, -0.2) is 4.79 Å². The van der Waals surface area contributed by atoms with Crippen molar-refractivity contribution < 1.29 is 9.53 Å². The Hall–Kier alpha value is -2.81. The van der Waals surface area contributed by atoms with Gasteiger partial charge in [-0.3, -0.25) is 4.90 Å². The summed E-state index contributed by atoms with van der Waals surface area (Å²) in [6, 6.07) is 18.9. The highest BCUT2D eigenvalue weighted by atomic mass is 16.6. The quantitative estimate of drug-likeness (QED) is 0.762. The zero-order valence-corrected chi connectivity index (χ0v) is 15.3. The van der Waals surface area contributed by atoms with Gasteiger partial charge in [0.2, 0.25) is 0 Å². The summed E-state index contributed by atoms with van der Waals surface area (Å²) in [7, 11) is 0. The van der Waals surface area contributed by atoms with Gasteiger partial charge in [-0.1, -0.05) is 66.7 Å². The van der Waals surface area contributed by atoms with E-state index in [1.165, 1.54) is 22.3 Å². The van der Waals surface area contributed by atoms with E-state index in [2.05, 4.69) is 36.4 Å². The molecule has 2 heterocycles. The van der Waals surface area contributed by atoms with Crippen LogP contribution in [0, 0.1) is 0 Å². The van der Waals surface area contributed by atoms with Gasteiger partial charge < -0.3 is 4.74 Å². The first-order chi connectivity index (χ1) is 13.3. The minimum atomic E-state index is -0.176. The normalized spacial score (nSPS) is 22.9. The molecule has 3 heteroatoms. The SMILES string of the molecule is O=C(OCc1ccccc1)N1C2C=C(C3=Cc4ccccc4C3)CC1CC2. The molecule has 27 heavy (non-hydrogen) atoms. The Bertz CT molecular complexity index is 928. The van der Waals surface area contributed by atoms with Crippen LogP contribution in [0.2, 0.25) is 0 Å². The van der Waals surface area contributed by atoms with E-state index in [1.54, 1.807) is 0 Å². The molecule has 1 fully saturated rings. The first-order valence-electron chi connectivity index (χ1n) is 9.76. The van der Waals surface area contributed by atoms with Crippen molar-refractivity contribution in [2.24, 2.45) is 0 Å². The van der Waals surface area contributed by atoms with E-state index in [4.69, 9.17) is 4.74 Å². The number of carbonyl (C=O) groups is 1. The average molecular weight is 357 g/mol. The Labute approximate surface area is 160 Å². The van der Waals surface area contributed by atoms with Crippen molar-refractivity contribution in [2.75, 3.05) is 0 Å². The van der Waals surface area contributed by atoms with Gasteiger partial charge in [0.25, 0.3) is 0 Å². The third-order valence-electron chi connectivity index (χ3n) is 5.99. The van der Waals surface area contributed by atoms with E-state index in [0.717, 1.165) is 31.2 Å². The summed E-state index contributed by atoms with van der Waals surface area (Å²) in [5, 5.41) is 0. The number of benzene rings is 2. The summed E-state index contributed by atoms with van der Waals surface area (Å²) >= 11 is 0. The van der Waals surface area contributed by atoms with E-state index >= 15 is 0 Å². The molecule has 0 spiro atoms. The molecule has 1 amide bonds. The number of fused-ring (bicyclic) bond motifs is 3. The molecule has 0 aromatic heterocycles. The molecule has 0 saturated carbocycles. The van der Waals surface area contributed by atoms with Crippen LogP contribution in [0.3, 0.4) is 0 Å². The first-order valence-corrected chi connectivity index (χ1v) is 9.76. The van der Waals surface area contributed by atoms with Gasteiger partial charge in [-0.2, -0.15) is 0 Å². The second-order valence-electron chi connectivity index (χ2n) is 7.69. The molecule has 136 valence electrons. The highest BCUT2D eigenvalue weighted by molar-refractivity contribution is 5.72. The summed E-state index contributed by atoms with van der Waals surface area (Å²) in [6.45, 7) is 0.340. The van der Waals surface area contributed by atoms with Gasteiger partial charge in [0.15, 0.2) is 0 Å². The lowest BCUT2D eigenvalue weighted by atomic mass is 9.93. The Morgan fingerprint density at radius 1 is 1.00 bits per heavy atom. The maximum Gasteiger partial charge on any atom is 0.410 e. The Morgan fingerprint density at radius 2 is 1.81 bits per heavy atom. The van der Waals surface area contributed by atoms with Crippen LogP contribution in [0.25, 0.3) is 6.08 Å². The lowest BCUT2D eigenvalue weighted by Crippen LogP contribution is -2.43. The van der Waals surface area contributed by atoms with E-state index in [-0.39, 0.29) is 18.2 Å². The number of allylic oxidation sites excluding steroid dienone is 1. The fourth-order valence-electron chi connectivity index (χ4n) is 4.63. The Balaban J connectivity index is 1.29. The van der Waals surface area contributed by atoms with Crippen LogP contribution in [0.5, 0.6) is 0 Å². The third-order valence-corrected chi connectivity index (χ3v) is 5.99. The highest BCUT2D eigenvalue weighted by Gasteiger charge is 2.41. The molecule has 2 atom stereocenters. The average Bonchev–Trinajstić information content (AvgIpc) is 3.25. The molecular weight excluding hydrogens is 334 g/mol. The van der Waals surface area contributed by atoms with Crippen LogP contribution < -0.4 is 0 Å². The minimum absolute atomic E-state index is 0.173. The topological polar surface area (TPSA) is 29.5 Å². The number of rotatable bonds is 3. The Kier molecular flexibility index (Phi) is 4.08. The van der Waals surface area contributed by atoms with Crippen molar-refractivity contribution in [3.63, 3.8) is 0 Å². The molecule has 3 aliphatic rings. The van der Waals surface area contributed by atoms with Crippen LogP contribution in [-0.4, -0.2) is 23.1 Å². The van der Waals surface area contributed by atoms with Crippen molar-refractivity contribution in [3.8, 4) is 0 Å². The van der Waals surface area contributed by atoms with Crippen molar-refractivity contribution in [2.45, 2.75) is 44.4 Å². The van der Waals surface area contributed by atoms with E-state index in [1.807, 2.05) is 35.2 Å². The van der Waals surface area contributed by atoms with Crippen LogP contribution in [-0.2, 0) is 17.8 Å². The summed E-state index contributed by atoms with van der Waals surface area (Å²) < 4.78 is 5.60. The second kappa shape index (κ2) is 6.73. The lowest BCUT2D eigenvalue weighted by Gasteiger charge is -2.33. The molecule has 5 rings (SSSR count). The van der Waals surface area contributed by atoms with Gasteiger partial charge in [0.05, 0.1) is 6.04 Å². The van der Waals surface area contributed by atoms with Gasteiger partial charge >= 0.3 is 6.09 Å². The molecule has 3 nitrogen and oxygen atoms in total. The van der Waals surface area contributed by atoms with Crippen LogP contribution in [0.1, 0.15) is 36.0 Å². The summed E-state index contributed by atoms with van der Waals surface area (Å²) in [5.41, 5.74) is 6.62. The summed E-state index contributed by atoms with van der Waals surface area (Å²) in [5.74, 6) is 0. The standard InChI is InChI=1S/C24H23NO2/c26-24(27-16-17-6-2-1-3-7-17)25-22-10-11-23(25)15-21(14-22)20-12-18-8-4-5-9-19(18)13-20/h1-9,12,14,22-23H,10-11,13,15-16H2. The maximum absolute atomic E-state index is 12.7. The van der Waals surface area contributed by atoms with Gasteiger partial charge in [-0.05, 0) is 53.5 Å². The van der Waals surface area contributed by atoms with Crippen LogP contribution in [0.4, 0.5) is 4.79 Å². The van der Waals surface area contributed by atoms with E-state index < -0.39 is 0 Å². The first kappa shape index (κ1) is 16.4. The van der Waals surface area contributed by atoms with Gasteiger partial charge in [0, 0.05) is 6.04 Å². The highest BCUT2D eigenvalue weighted by Crippen LogP contribution is 2.40. The van der Waals surface area contributed by atoms with E-state index in [0.29, 0.717) is 6.61 Å². The summed E-state index contributed by atoms with van der Waals surface area (Å²) in [4.78, 5) is 14.7. The molecule has 2 bridgehead atoms. The molecule has 2 aromatic carbocycles. The largest absolute Gasteiger partial charge is 0.445 e. The molecule has 1 saturated heterocycles. The molecule has 2 aromatic rings. The zero-order chi connectivity index (χ0) is 18.2. The predicted octanol–water partition coefficient (Wildman–Crippen LogP) is 5.13. The molecule has 0 radical (unpaired) electrons. The smallest absolute Gasteiger partial charge is 0.410 e. The van der Waals surface area contributed by atoms with Gasteiger partial charge in [0.1, 0.15) is 6.61 Å². The monoisotopic (exact) mass is 357 g/mol. The number of hydrogen-bond acceptors (Lipinski definition) is 2. The van der Waals surface area contributed by atoms with E-state index in [9.17, 15) is 4.79 Å². The summed E-state index contributed by atoms with van der Waals surface area (Å²) in [6.07, 6.45) is 8.51. The number of amides is 1. The molecule has 1 aliphatic carbocycles. The fourth-order valence-corrected chi connectivity index (χ4v) is 4.63. The van der Waals surface area contributed by atoms with Crippen LogP contribution >= 0.6 is 0 Å². The number of nitrogens with zero attached hydrogens (tertiary/aromatic N) is 1. The number of carbonyl (C=O) groups excluding carboxylic acids is 1. The van der Waals surface area contributed by atoms with Crippen LogP contribution in [0.15, 0.2) is 71.8 Å². The fraction of sp³-hybridized carbons (Fsp3) is 0.292. The third kappa shape index (κ3) is 3.08. The van der Waals surface area contributed by atoms with Crippen molar-refractivity contribution in [1.29, 1.82) is 0 Å². The van der Waals surface area contributed by atoms with Crippen molar-refractivity contribution in [1.82, 2.24) is 4.90 Å². The van der Waals surface area contributed by atoms with Crippen molar-refractivity contribution >= 4 is 12.2 Å². The Morgan fingerprint density at radius 3 is 2.63 bits per heavy atom.